The maximum Gasteiger partial charge on any atom is 1.00 e. The molecule has 0 saturated carbocycles. The fraction of sp³-hybridized carbons (Fsp3) is 0.318. The number of amides is 1. The van der Waals surface area contributed by atoms with Gasteiger partial charge < -0.3 is 24.6 Å². The molecule has 1 fully saturated rings. The Morgan fingerprint density at radius 3 is 2.64 bits per heavy atom. The first kappa shape index (κ1) is 22.1. The molecule has 28 heavy (non-hydrogen) atoms. The van der Waals surface area contributed by atoms with Crippen LogP contribution in [0.4, 0.5) is 0 Å². The molecule has 1 amide bonds. The van der Waals surface area contributed by atoms with E-state index in [9.17, 15) is 4.79 Å². The van der Waals surface area contributed by atoms with Crippen LogP contribution >= 0.6 is 0 Å². The molecule has 2 aliphatic heterocycles. The van der Waals surface area contributed by atoms with E-state index in [1.54, 1.807) is 19.4 Å². The monoisotopic (exact) mass is 370 g/mol. The van der Waals surface area contributed by atoms with Crippen molar-refractivity contribution in [2.24, 2.45) is 0 Å². The number of methoxy groups -OCH3 is 1. The third-order valence-corrected chi connectivity index (χ3v) is 4.59. The van der Waals surface area contributed by atoms with Crippen LogP contribution in [-0.4, -0.2) is 48.0 Å². The van der Waals surface area contributed by atoms with E-state index < -0.39 is 0 Å². The Bertz CT molecular complexity index is 810. The van der Waals surface area contributed by atoms with Crippen LogP contribution in [0.25, 0.3) is 0 Å². The van der Waals surface area contributed by atoms with Crippen LogP contribution in [0, 0.1) is 12.7 Å². The number of benzene rings is 1. The fourth-order valence-corrected chi connectivity index (χ4v) is 3.14. The van der Waals surface area contributed by atoms with E-state index in [-0.39, 0.29) is 30.3 Å². The standard InChI is InChI=1S/C22H25N3O2.Li/c1-17-5-9-19(24-14-13-23-22(2,3)16-24)15-25(17)21(26)12-8-18-6-10-20(27-4)11-7-18;/h1,5-7,9-12,15,23H,13-14,16H2,2-4H3;/q-2;+1. The maximum absolute atomic E-state index is 12.6. The summed E-state index contributed by atoms with van der Waals surface area (Å²) in [5.74, 6) is 0.525. The summed E-state index contributed by atoms with van der Waals surface area (Å²) < 4.78 is 5.13. The molecule has 1 aromatic carbocycles. The molecule has 2 aliphatic rings. The molecule has 1 aromatic rings. The third-order valence-electron chi connectivity index (χ3n) is 4.59. The van der Waals surface area contributed by atoms with Gasteiger partial charge in [0.05, 0.1) is 7.11 Å². The second-order valence-electron chi connectivity index (χ2n) is 7.27. The van der Waals surface area contributed by atoms with Crippen molar-refractivity contribution >= 4 is 5.91 Å². The van der Waals surface area contributed by atoms with E-state index in [0.717, 1.165) is 36.6 Å². The summed E-state index contributed by atoms with van der Waals surface area (Å²) in [7, 11) is 1.62. The summed E-state index contributed by atoms with van der Waals surface area (Å²) in [5.41, 5.74) is 2.19. The Labute approximate surface area is 179 Å². The van der Waals surface area contributed by atoms with Gasteiger partial charge in [0.1, 0.15) is 5.75 Å². The van der Waals surface area contributed by atoms with Gasteiger partial charge in [-0.05, 0) is 13.8 Å². The SMILES string of the molecule is [CH-]=C1C=CC(N2CCNC(C)(C)C2)=CN1C(=O)C=[C-]c1ccc(OC)cc1.[Li+]. The van der Waals surface area contributed by atoms with Crippen molar-refractivity contribution in [1.82, 2.24) is 15.1 Å². The van der Waals surface area contributed by atoms with E-state index in [1.807, 2.05) is 30.3 Å². The van der Waals surface area contributed by atoms with Crippen molar-refractivity contribution in [3.8, 4) is 5.75 Å². The van der Waals surface area contributed by atoms with Crippen molar-refractivity contribution < 1.29 is 28.4 Å². The molecule has 0 spiro atoms. The van der Waals surface area contributed by atoms with Crippen molar-refractivity contribution in [2.45, 2.75) is 19.4 Å². The summed E-state index contributed by atoms with van der Waals surface area (Å²) >= 11 is 0. The van der Waals surface area contributed by atoms with Crippen LogP contribution in [0.15, 0.2) is 60.1 Å². The molecular formula is C22H25LiN3O2-. The zero-order valence-corrected chi connectivity index (χ0v) is 17.0. The molecule has 0 atom stereocenters. The average Bonchev–Trinajstić information content (AvgIpc) is 2.66. The summed E-state index contributed by atoms with van der Waals surface area (Å²) in [5, 5.41) is 3.49. The molecule has 0 aliphatic carbocycles. The van der Waals surface area contributed by atoms with Crippen molar-refractivity contribution in [1.29, 1.82) is 0 Å². The first-order valence-electron chi connectivity index (χ1n) is 8.97. The smallest absolute Gasteiger partial charge is 0.498 e. The van der Waals surface area contributed by atoms with Crippen LogP contribution in [0.1, 0.15) is 19.4 Å². The Hall–Kier alpha value is -2.19. The number of carbonyl (C=O) groups is 1. The quantitative estimate of drug-likeness (QED) is 0.447. The number of hydrogen-bond acceptors (Lipinski definition) is 4. The number of nitrogens with one attached hydrogen (secondary N) is 1. The van der Waals surface area contributed by atoms with Gasteiger partial charge in [-0.3, -0.25) is 6.58 Å². The molecule has 6 heteroatoms. The van der Waals surface area contributed by atoms with Crippen molar-refractivity contribution in [3.63, 3.8) is 0 Å². The van der Waals surface area contributed by atoms with Gasteiger partial charge in [0.2, 0.25) is 0 Å². The molecule has 5 nitrogen and oxygen atoms in total. The first-order valence-corrected chi connectivity index (χ1v) is 8.97. The summed E-state index contributed by atoms with van der Waals surface area (Å²) in [6.45, 7) is 13.0. The molecule has 2 heterocycles. The molecular weight excluding hydrogens is 345 g/mol. The van der Waals surface area contributed by atoms with E-state index in [1.165, 1.54) is 11.0 Å². The van der Waals surface area contributed by atoms with E-state index >= 15 is 0 Å². The Kier molecular flexibility index (Phi) is 7.37. The Balaban J connectivity index is 0.00000280. The van der Waals surface area contributed by atoms with Crippen LogP contribution in [0.2, 0.25) is 0 Å². The van der Waals surface area contributed by atoms with Crippen molar-refractivity contribution in [3.05, 3.63) is 78.3 Å². The summed E-state index contributed by atoms with van der Waals surface area (Å²) in [4.78, 5) is 16.4. The molecule has 0 aromatic heterocycles. The minimum Gasteiger partial charge on any atom is -0.498 e. The van der Waals surface area contributed by atoms with Gasteiger partial charge in [0, 0.05) is 37.1 Å². The van der Waals surface area contributed by atoms with Crippen molar-refractivity contribution in [2.75, 3.05) is 26.7 Å². The van der Waals surface area contributed by atoms with Gasteiger partial charge in [0.25, 0.3) is 0 Å². The summed E-state index contributed by atoms with van der Waals surface area (Å²) in [6, 6.07) is 7.34. The van der Waals surface area contributed by atoms with Gasteiger partial charge in [0.15, 0.2) is 5.91 Å². The summed E-state index contributed by atoms with van der Waals surface area (Å²) in [6.07, 6.45) is 9.93. The molecule has 3 rings (SSSR count). The number of carbonyl (C=O) groups excluding carboxylic acids is 1. The number of rotatable bonds is 4. The maximum atomic E-state index is 12.6. The minimum atomic E-state index is -0.237. The molecule has 142 valence electrons. The van der Waals surface area contributed by atoms with E-state index in [4.69, 9.17) is 11.3 Å². The number of ether oxygens (including phenoxy) is 1. The number of nitrogens with zero attached hydrogens (tertiary/aromatic N) is 2. The van der Waals surface area contributed by atoms with Crippen LogP contribution in [0.5, 0.6) is 5.75 Å². The number of piperazine rings is 1. The molecule has 1 N–H and O–H groups in total. The molecule has 0 unspecified atom stereocenters. The topological polar surface area (TPSA) is 44.8 Å². The zero-order chi connectivity index (χ0) is 19.4. The van der Waals surface area contributed by atoms with Gasteiger partial charge >= 0.3 is 18.9 Å². The second kappa shape index (κ2) is 9.34. The van der Waals surface area contributed by atoms with Gasteiger partial charge in [-0.25, -0.2) is 0 Å². The first-order chi connectivity index (χ1) is 12.9. The Morgan fingerprint density at radius 1 is 1.29 bits per heavy atom. The predicted octanol–water partition coefficient (Wildman–Crippen LogP) is -0.353. The van der Waals surface area contributed by atoms with Crippen LogP contribution in [-0.2, 0) is 4.79 Å². The van der Waals surface area contributed by atoms with E-state index in [0.29, 0.717) is 5.70 Å². The molecule has 0 bridgehead atoms. The average molecular weight is 370 g/mol. The largest absolute Gasteiger partial charge is 1.00 e. The van der Waals surface area contributed by atoms with Crippen LogP contribution in [0.3, 0.4) is 0 Å². The Morgan fingerprint density at radius 2 is 2.00 bits per heavy atom. The van der Waals surface area contributed by atoms with Crippen LogP contribution < -0.4 is 28.9 Å². The fourth-order valence-electron chi connectivity index (χ4n) is 3.14. The molecule has 1 saturated heterocycles. The van der Waals surface area contributed by atoms with Gasteiger partial charge in [-0.1, -0.05) is 18.2 Å². The third kappa shape index (κ3) is 5.42. The normalized spacial score (nSPS) is 18.7. The number of allylic oxidation sites excluding steroid dienone is 2. The zero-order valence-electron chi connectivity index (χ0n) is 17.0. The minimum absolute atomic E-state index is 0. The van der Waals surface area contributed by atoms with Gasteiger partial charge in [-0.15, -0.1) is 35.5 Å². The predicted molar refractivity (Wildman–Crippen MR) is 105 cm³/mol. The number of hydrogen-bond donors (Lipinski definition) is 1. The molecule has 0 radical (unpaired) electrons. The van der Waals surface area contributed by atoms with E-state index in [2.05, 4.69) is 30.1 Å². The second-order valence-corrected chi connectivity index (χ2v) is 7.27. The van der Waals surface area contributed by atoms with Gasteiger partial charge in [-0.2, -0.15) is 6.08 Å².